The molecule has 0 bridgehead atoms. The first-order valence-corrected chi connectivity index (χ1v) is 27.9. The van der Waals surface area contributed by atoms with Gasteiger partial charge in [-0.05, 0) is 88.4 Å². The molecule has 8 rings (SSSR count). The second-order valence-electron chi connectivity index (χ2n) is 19.2. The summed E-state index contributed by atoms with van der Waals surface area (Å²) in [6.07, 6.45) is -1.75. The number of fused-ring (bicyclic) bond motifs is 1. The number of nitriles is 1. The van der Waals surface area contributed by atoms with Crippen LogP contribution in [0.5, 0.6) is 11.5 Å². The van der Waals surface area contributed by atoms with Crippen molar-refractivity contribution in [1.29, 1.82) is 5.26 Å². The van der Waals surface area contributed by atoms with Crippen LogP contribution in [0, 0.1) is 24.2 Å². The van der Waals surface area contributed by atoms with Crippen molar-refractivity contribution in [3.8, 4) is 17.6 Å². The van der Waals surface area contributed by atoms with Crippen molar-refractivity contribution in [1.82, 2.24) is 23.8 Å². The molecule has 21 nitrogen and oxygen atoms in total. The summed E-state index contributed by atoms with van der Waals surface area (Å²) in [7, 11) is -3.32. The van der Waals surface area contributed by atoms with Crippen molar-refractivity contribution in [2.45, 2.75) is 121 Å². The van der Waals surface area contributed by atoms with Gasteiger partial charge in [-0.15, -0.1) is 0 Å². The number of ether oxygens (including phenoxy) is 5. The molecule has 9 atom stereocenters. The van der Waals surface area contributed by atoms with Gasteiger partial charge >= 0.3 is 19.2 Å². The van der Waals surface area contributed by atoms with E-state index in [0.717, 1.165) is 16.7 Å². The minimum atomic E-state index is -4.65. The molecule has 2 N–H and O–H groups in total. The SMILES string of the molecule is COc1ccc(C(OC[C@H]2O[C@@H](n3ccc(=O)[nH]c3=O)[C@@H]3CCCCOP(=O)(OC[C@H]4O[C@@H](n5cc(C)c(=O)[nH]c5=O)C[C@@H]4OP(OCCC#N)N(C(C)C)C(C)C)O[C@@H]32)(c2ccccc2)c2ccc(OC)cc2)cc1. The van der Waals surface area contributed by atoms with Crippen molar-refractivity contribution in [3.05, 3.63) is 161 Å². The van der Waals surface area contributed by atoms with Crippen LogP contribution < -0.4 is 32.0 Å². The molecule has 0 saturated carbocycles. The molecule has 0 aliphatic carbocycles. The fourth-order valence-electron chi connectivity index (χ4n) is 9.98. The smallest absolute Gasteiger partial charge is 0.475 e. The molecule has 23 heteroatoms. The average Bonchev–Trinajstić information content (AvgIpc) is 4.07. The van der Waals surface area contributed by atoms with Gasteiger partial charge in [-0.25, -0.2) is 18.8 Å². The van der Waals surface area contributed by atoms with E-state index in [1.165, 1.54) is 27.6 Å². The van der Waals surface area contributed by atoms with Gasteiger partial charge in [-0.3, -0.25) is 42.3 Å². The number of benzene rings is 3. The number of hydrogen-bond acceptors (Lipinski definition) is 17. The molecule has 3 aliphatic heterocycles. The summed E-state index contributed by atoms with van der Waals surface area (Å²) < 4.78 is 84.1. The molecule has 5 heterocycles. The predicted molar refractivity (Wildman–Crippen MR) is 280 cm³/mol. The number of rotatable bonds is 21. The third-order valence-electron chi connectivity index (χ3n) is 13.6. The number of aryl methyl sites for hydroxylation is 1. The molecule has 2 aromatic heterocycles. The quantitative estimate of drug-likeness (QED) is 0.0408. The molecule has 3 saturated heterocycles. The number of methoxy groups -OCH3 is 2. The molecular formula is C53H66N6O15P2. The van der Waals surface area contributed by atoms with Gasteiger partial charge in [-0.1, -0.05) is 61.0 Å². The Hall–Kier alpha value is -5.59. The maximum absolute atomic E-state index is 15.5. The lowest BCUT2D eigenvalue weighted by Crippen LogP contribution is -2.39. The van der Waals surface area contributed by atoms with Gasteiger partial charge in [0.2, 0.25) is 0 Å². The van der Waals surface area contributed by atoms with Crippen LogP contribution in [0.15, 0.2) is 117 Å². The maximum Gasteiger partial charge on any atom is 0.475 e. The highest BCUT2D eigenvalue weighted by molar-refractivity contribution is 7.48. The number of aromatic amines is 2. The summed E-state index contributed by atoms with van der Waals surface area (Å²) >= 11 is 0. The summed E-state index contributed by atoms with van der Waals surface area (Å²) in [6.45, 7) is 8.97. The number of hydrogen-bond donors (Lipinski definition) is 2. The van der Waals surface area contributed by atoms with Gasteiger partial charge < -0.3 is 32.7 Å². The van der Waals surface area contributed by atoms with Crippen LogP contribution in [0.4, 0.5) is 0 Å². The Balaban J connectivity index is 1.16. The molecule has 3 aromatic carbocycles. The van der Waals surface area contributed by atoms with Crippen molar-refractivity contribution in [3.63, 3.8) is 0 Å². The molecule has 0 spiro atoms. The summed E-state index contributed by atoms with van der Waals surface area (Å²) in [5.41, 5.74) is -1.39. The van der Waals surface area contributed by atoms with E-state index in [1.807, 2.05) is 111 Å². The number of nitrogens with zero attached hydrogens (tertiary/aromatic N) is 4. The highest BCUT2D eigenvalue weighted by atomic mass is 31.2. The lowest BCUT2D eigenvalue weighted by atomic mass is 9.80. The third-order valence-corrected chi connectivity index (χ3v) is 17.2. The van der Waals surface area contributed by atoms with Crippen LogP contribution in [0.3, 0.4) is 0 Å². The first kappa shape index (κ1) is 56.6. The molecule has 0 radical (unpaired) electrons. The standard InChI is InChI=1S/C53H66N6O15P2/c1-34(2)59(35(3)4)75(68-28-13-26-54)73-43-30-47(58-31-36(5)49(61)56-52(58)63)71-44(43)33-70-76(64)69-29-12-11-16-42-48(74-76)45(72-50(42)57-27-25-46(60)55-51(57)62)32-67-53(37-14-9-8-10-15-37,38-17-21-40(65-6)22-18-38)39-19-23-41(66-7)24-20-39/h8-10,14-15,17-25,27,31,34-35,42-45,47-48,50H,11-13,16,28-30,32-33H2,1-7H3,(H,55,60,62)(H,56,61,63)/t42-,43+,44-,45-,47-,48+,50-,75?,76?/m1/s1. The summed E-state index contributed by atoms with van der Waals surface area (Å²) in [5.74, 6) is 0.580. The fraction of sp³-hybridized carbons (Fsp3) is 0.491. The van der Waals surface area contributed by atoms with Gasteiger partial charge in [-0.2, -0.15) is 5.26 Å². The van der Waals surface area contributed by atoms with Crippen LogP contribution in [-0.4, -0.2) is 101 Å². The Morgan fingerprint density at radius 1 is 0.829 bits per heavy atom. The predicted octanol–water partition coefficient (Wildman–Crippen LogP) is 7.59. The van der Waals surface area contributed by atoms with Crippen molar-refractivity contribution >= 4 is 16.3 Å². The largest absolute Gasteiger partial charge is 0.497 e. The number of phosphoric acid groups is 1. The molecule has 76 heavy (non-hydrogen) atoms. The fourth-order valence-corrected chi connectivity index (χ4v) is 13.2. The number of nitrogens with one attached hydrogen (secondary N) is 2. The third kappa shape index (κ3) is 12.7. The Morgan fingerprint density at radius 2 is 1.47 bits per heavy atom. The van der Waals surface area contributed by atoms with Crippen LogP contribution in [0.2, 0.25) is 0 Å². The molecule has 0 amide bonds. The minimum absolute atomic E-state index is 0.0238. The van der Waals surface area contributed by atoms with Crippen molar-refractivity contribution in [2.24, 2.45) is 5.92 Å². The number of aromatic nitrogens is 4. The normalized spacial score (nSPS) is 24.4. The van der Waals surface area contributed by atoms with E-state index < -0.39 is 93.8 Å². The Kier molecular flexibility index (Phi) is 18.8. The van der Waals surface area contributed by atoms with Crippen molar-refractivity contribution in [2.75, 3.05) is 40.6 Å². The summed E-state index contributed by atoms with van der Waals surface area (Å²) in [6, 6.07) is 27.9. The van der Waals surface area contributed by atoms with E-state index in [2.05, 4.69) is 16.0 Å². The molecule has 5 aromatic rings. The van der Waals surface area contributed by atoms with Gasteiger partial charge in [0.15, 0.2) is 0 Å². The molecule has 3 fully saturated rings. The zero-order chi connectivity index (χ0) is 54.1. The molecule has 3 aliphatic rings. The van der Waals surface area contributed by atoms with Gasteiger partial charge in [0.25, 0.3) is 19.6 Å². The topological polar surface area (TPSA) is 246 Å². The Morgan fingerprint density at radius 3 is 2.09 bits per heavy atom. The highest BCUT2D eigenvalue weighted by Crippen LogP contribution is 2.57. The van der Waals surface area contributed by atoms with E-state index in [1.54, 1.807) is 21.1 Å². The van der Waals surface area contributed by atoms with E-state index in [-0.39, 0.29) is 50.3 Å². The van der Waals surface area contributed by atoms with E-state index in [0.29, 0.717) is 30.8 Å². The van der Waals surface area contributed by atoms with E-state index >= 15 is 4.57 Å². The van der Waals surface area contributed by atoms with Crippen LogP contribution in [0.1, 0.15) is 94.5 Å². The molecule has 2 unspecified atom stereocenters. The average molecular weight is 1090 g/mol. The second-order valence-corrected chi connectivity index (χ2v) is 22.3. The molecular weight excluding hydrogens is 1020 g/mol. The summed E-state index contributed by atoms with van der Waals surface area (Å²) in [5, 5.41) is 9.40. The Bertz CT molecular complexity index is 3000. The lowest BCUT2D eigenvalue weighted by Gasteiger charge is -2.37. The minimum Gasteiger partial charge on any atom is -0.497 e. The highest BCUT2D eigenvalue weighted by Gasteiger charge is 2.53. The summed E-state index contributed by atoms with van der Waals surface area (Å²) in [4.78, 5) is 56.4. The van der Waals surface area contributed by atoms with E-state index in [4.69, 9.17) is 46.3 Å². The van der Waals surface area contributed by atoms with Gasteiger partial charge in [0, 0.05) is 48.4 Å². The van der Waals surface area contributed by atoms with Crippen LogP contribution >= 0.6 is 16.3 Å². The van der Waals surface area contributed by atoms with Crippen LogP contribution in [-0.2, 0) is 47.0 Å². The maximum atomic E-state index is 15.5. The second kappa shape index (κ2) is 25.3. The first-order chi connectivity index (χ1) is 36.6. The number of H-pyrrole nitrogens is 2. The monoisotopic (exact) mass is 1090 g/mol. The van der Waals surface area contributed by atoms with Crippen molar-refractivity contribution < 1.29 is 50.9 Å². The lowest BCUT2D eigenvalue weighted by molar-refractivity contribution is -0.0965. The Labute approximate surface area is 441 Å². The zero-order valence-corrected chi connectivity index (χ0v) is 45.4. The van der Waals surface area contributed by atoms with Crippen LogP contribution in [0.25, 0.3) is 0 Å². The van der Waals surface area contributed by atoms with Gasteiger partial charge in [0.1, 0.15) is 47.9 Å². The molecule has 408 valence electrons. The van der Waals surface area contributed by atoms with Gasteiger partial charge in [0.05, 0.1) is 59.2 Å². The first-order valence-electron chi connectivity index (χ1n) is 25.3. The zero-order valence-electron chi connectivity index (χ0n) is 43.6. The number of phosphoric ester groups is 1. The van der Waals surface area contributed by atoms with E-state index in [9.17, 15) is 24.4 Å².